The van der Waals surface area contributed by atoms with Crippen molar-refractivity contribution in [1.29, 1.82) is 0 Å². The van der Waals surface area contributed by atoms with Gasteiger partial charge in [-0.25, -0.2) is 0 Å². The monoisotopic (exact) mass is 290 g/mol. The van der Waals surface area contributed by atoms with Crippen molar-refractivity contribution in [3.05, 3.63) is 34.9 Å². The summed E-state index contributed by atoms with van der Waals surface area (Å²) in [5.74, 6) is 0.638. The van der Waals surface area contributed by atoms with Crippen LogP contribution < -0.4 is 0 Å². The van der Waals surface area contributed by atoms with Crippen LogP contribution >= 0.6 is 0 Å². The van der Waals surface area contributed by atoms with Crippen LogP contribution in [0.25, 0.3) is 0 Å². The summed E-state index contributed by atoms with van der Waals surface area (Å²) in [5.41, 5.74) is 3.42. The molecule has 3 atom stereocenters. The highest BCUT2D eigenvalue weighted by atomic mass is 16.5. The highest BCUT2D eigenvalue weighted by molar-refractivity contribution is 5.31. The number of hydrogen-bond donors (Lipinski definition) is 1. The molecule has 3 unspecified atom stereocenters. The Morgan fingerprint density at radius 1 is 1.38 bits per heavy atom. The normalized spacial score (nSPS) is 27.6. The Balaban J connectivity index is 2.18. The number of ether oxygens (including phenoxy) is 1. The van der Waals surface area contributed by atoms with Crippen molar-refractivity contribution in [2.75, 3.05) is 6.61 Å². The molecule has 1 saturated carbocycles. The van der Waals surface area contributed by atoms with E-state index in [9.17, 15) is 5.11 Å². The lowest BCUT2D eigenvalue weighted by atomic mass is 9.74. The Labute approximate surface area is 129 Å². The Bertz CT molecular complexity index is 465. The Kier molecular flexibility index (Phi) is 5.45. The third-order valence-electron chi connectivity index (χ3n) is 4.95. The number of aliphatic hydroxyl groups is 1. The summed E-state index contributed by atoms with van der Waals surface area (Å²) in [5, 5.41) is 10.9. The fourth-order valence-electron chi connectivity index (χ4n) is 3.78. The molecule has 21 heavy (non-hydrogen) atoms. The Morgan fingerprint density at radius 3 is 2.81 bits per heavy atom. The van der Waals surface area contributed by atoms with Gasteiger partial charge in [0.15, 0.2) is 0 Å². The van der Waals surface area contributed by atoms with Crippen molar-refractivity contribution in [3.8, 4) is 0 Å². The molecule has 0 aromatic heterocycles. The first-order chi connectivity index (χ1) is 9.97. The second-order valence-corrected chi connectivity index (χ2v) is 6.85. The van der Waals surface area contributed by atoms with Gasteiger partial charge in [0, 0.05) is 13.0 Å². The van der Waals surface area contributed by atoms with E-state index in [-0.39, 0.29) is 5.60 Å². The molecule has 2 nitrogen and oxygen atoms in total. The summed E-state index contributed by atoms with van der Waals surface area (Å²) in [6.07, 6.45) is 4.65. The first-order valence-corrected chi connectivity index (χ1v) is 8.35. The molecule has 0 amide bonds. The zero-order valence-corrected chi connectivity index (χ0v) is 14.0. The first-order valence-electron chi connectivity index (χ1n) is 8.35. The van der Waals surface area contributed by atoms with Gasteiger partial charge >= 0.3 is 0 Å². The van der Waals surface area contributed by atoms with Crippen molar-refractivity contribution in [3.63, 3.8) is 0 Å². The van der Waals surface area contributed by atoms with Crippen LogP contribution in [0.15, 0.2) is 18.2 Å². The van der Waals surface area contributed by atoms with Crippen molar-refractivity contribution in [1.82, 2.24) is 0 Å². The van der Waals surface area contributed by atoms with E-state index in [1.54, 1.807) is 0 Å². The van der Waals surface area contributed by atoms with Crippen LogP contribution in [0, 0.1) is 19.8 Å². The van der Waals surface area contributed by atoms with E-state index in [1.165, 1.54) is 23.1 Å². The Hall–Kier alpha value is -0.860. The van der Waals surface area contributed by atoms with Gasteiger partial charge in [0.05, 0.1) is 11.7 Å². The number of aliphatic hydroxyl groups excluding tert-OH is 1. The number of rotatable bonds is 5. The molecule has 0 heterocycles. The highest BCUT2D eigenvalue weighted by Gasteiger charge is 2.42. The summed E-state index contributed by atoms with van der Waals surface area (Å²) < 4.78 is 6.09. The molecule has 0 aliphatic heterocycles. The molecule has 1 aliphatic carbocycles. The van der Waals surface area contributed by atoms with Crippen LogP contribution in [0.4, 0.5) is 0 Å². The molecular formula is C19H30O2. The van der Waals surface area contributed by atoms with Gasteiger partial charge in [-0.05, 0) is 50.7 Å². The predicted molar refractivity (Wildman–Crippen MR) is 87.6 cm³/mol. The van der Waals surface area contributed by atoms with Crippen molar-refractivity contribution in [2.45, 2.75) is 71.5 Å². The van der Waals surface area contributed by atoms with Crippen molar-refractivity contribution < 1.29 is 9.84 Å². The lowest BCUT2D eigenvalue weighted by Gasteiger charge is -2.43. The van der Waals surface area contributed by atoms with E-state index in [4.69, 9.17) is 4.74 Å². The topological polar surface area (TPSA) is 29.5 Å². The fraction of sp³-hybridized carbons (Fsp3) is 0.684. The zero-order chi connectivity index (χ0) is 15.5. The molecule has 2 rings (SSSR count). The molecule has 1 N–H and O–H groups in total. The smallest absolute Gasteiger partial charge is 0.0945 e. The summed E-state index contributed by atoms with van der Waals surface area (Å²) in [6, 6.07) is 6.48. The van der Waals surface area contributed by atoms with E-state index in [0.717, 1.165) is 19.3 Å². The molecule has 0 saturated heterocycles. The minimum atomic E-state index is -0.416. The van der Waals surface area contributed by atoms with Crippen LogP contribution in [-0.4, -0.2) is 23.4 Å². The first kappa shape index (κ1) is 16.5. The van der Waals surface area contributed by atoms with Gasteiger partial charge < -0.3 is 9.84 Å². The molecule has 0 spiro atoms. The van der Waals surface area contributed by atoms with Crippen LogP contribution in [0.1, 0.15) is 56.2 Å². The molecule has 0 bridgehead atoms. The van der Waals surface area contributed by atoms with Crippen molar-refractivity contribution in [2.24, 2.45) is 5.92 Å². The molecule has 2 heteroatoms. The third-order valence-corrected chi connectivity index (χ3v) is 4.95. The highest BCUT2D eigenvalue weighted by Crippen LogP contribution is 2.39. The lowest BCUT2D eigenvalue weighted by molar-refractivity contribution is -0.147. The van der Waals surface area contributed by atoms with Gasteiger partial charge in [0.2, 0.25) is 0 Å². The average Bonchev–Trinajstić information content (AvgIpc) is 2.43. The van der Waals surface area contributed by atoms with E-state index in [2.05, 4.69) is 39.0 Å². The Morgan fingerprint density at radius 2 is 2.14 bits per heavy atom. The van der Waals surface area contributed by atoms with E-state index in [0.29, 0.717) is 18.9 Å². The standard InChI is InChI=1S/C19H30O2/c1-5-21-19(10-6-7-15(3)13-19)18(20)12-17-11-14(2)8-9-16(17)4/h8-9,11,15,18,20H,5-7,10,12-13H2,1-4H3. The SMILES string of the molecule is CCOC1(C(O)Cc2cc(C)ccc2C)CCCC(C)C1. The number of hydrogen-bond acceptors (Lipinski definition) is 2. The molecule has 1 aromatic rings. The molecule has 1 aromatic carbocycles. The molecule has 1 fully saturated rings. The minimum Gasteiger partial charge on any atom is -0.390 e. The summed E-state index contributed by atoms with van der Waals surface area (Å²) in [6.45, 7) is 9.22. The van der Waals surface area contributed by atoms with Gasteiger partial charge in [0.1, 0.15) is 0 Å². The van der Waals surface area contributed by atoms with E-state index < -0.39 is 6.10 Å². The van der Waals surface area contributed by atoms with Crippen LogP contribution in [0.5, 0.6) is 0 Å². The van der Waals surface area contributed by atoms with Gasteiger partial charge in [-0.3, -0.25) is 0 Å². The fourth-order valence-corrected chi connectivity index (χ4v) is 3.78. The van der Waals surface area contributed by atoms with Gasteiger partial charge in [0.25, 0.3) is 0 Å². The minimum absolute atomic E-state index is 0.345. The zero-order valence-electron chi connectivity index (χ0n) is 14.0. The lowest BCUT2D eigenvalue weighted by Crippen LogP contribution is -2.49. The van der Waals surface area contributed by atoms with Crippen LogP contribution in [0.2, 0.25) is 0 Å². The summed E-state index contributed by atoms with van der Waals surface area (Å²) in [7, 11) is 0. The van der Waals surface area contributed by atoms with Gasteiger partial charge in [-0.15, -0.1) is 0 Å². The average molecular weight is 290 g/mol. The second-order valence-electron chi connectivity index (χ2n) is 6.85. The third kappa shape index (κ3) is 3.87. The van der Waals surface area contributed by atoms with Gasteiger partial charge in [-0.1, -0.05) is 43.5 Å². The van der Waals surface area contributed by atoms with E-state index >= 15 is 0 Å². The summed E-state index contributed by atoms with van der Waals surface area (Å²) >= 11 is 0. The summed E-state index contributed by atoms with van der Waals surface area (Å²) in [4.78, 5) is 0. The molecule has 118 valence electrons. The number of aryl methyl sites for hydroxylation is 2. The molecule has 1 aliphatic rings. The van der Waals surface area contributed by atoms with Gasteiger partial charge in [-0.2, -0.15) is 0 Å². The molecule has 0 radical (unpaired) electrons. The quantitative estimate of drug-likeness (QED) is 0.881. The number of benzene rings is 1. The second kappa shape index (κ2) is 6.93. The predicted octanol–water partition coefficient (Wildman–Crippen LogP) is 4.19. The maximum absolute atomic E-state index is 10.9. The molecular weight excluding hydrogens is 260 g/mol. The maximum atomic E-state index is 10.9. The largest absolute Gasteiger partial charge is 0.390 e. The maximum Gasteiger partial charge on any atom is 0.0945 e. The van der Waals surface area contributed by atoms with Crippen LogP contribution in [-0.2, 0) is 11.2 Å². The van der Waals surface area contributed by atoms with Crippen LogP contribution in [0.3, 0.4) is 0 Å². The van der Waals surface area contributed by atoms with E-state index in [1.807, 2.05) is 6.92 Å². The van der Waals surface area contributed by atoms with Crippen molar-refractivity contribution >= 4 is 0 Å².